The molecule has 104 valence electrons. The molecule has 0 saturated carbocycles. The van der Waals surface area contributed by atoms with Gasteiger partial charge in [-0.2, -0.15) is 0 Å². The second-order valence-corrected chi connectivity index (χ2v) is 6.96. The van der Waals surface area contributed by atoms with Gasteiger partial charge < -0.3 is 10.1 Å². The van der Waals surface area contributed by atoms with Gasteiger partial charge in [-0.1, -0.05) is 0 Å². The number of hydrogen-bond acceptors (Lipinski definition) is 4. The number of nitrogens with one attached hydrogen (secondary N) is 2. The smallest absolute Gasteiger partial charge is 0.233 e. The Balaban J connectivity index is 2.33. The Hall–Kier alpha value is -1.76. The Labute approximate surface area is 112 Å². The normalized spacial score (nSPS) is 17.7. The van der Waals surface area contributed by atoms with Crippen molar-refractivity contribution in [1.29, 1.82) is 0 Å². The molecule has 0 aliphatic carbocycles. The SMILES string of the molecule is CC1(C)COc2cc(NS(C)(=O)=O)ccc2NC1=O. The van der Waals surface area contributed by atoms with Crippen LogP contribution in [0.15, 0.2) is 18.2 Å². The van der Waals surface area contributed by atoms with Gasteiger partial charge in [-0.25, -0.2) is 8.42 Å². The molecule has 0 atom stereocenters. The zero-order chi connectivity index (χ0) is 14.3. The fraction of sp³-hybridized carbons (Fsp3) is 0.417. The second kappa shape index (κ2) is 4.41. The van der Waals surface area contributed by atoms with E-state index in [4.69, 9.17) is 4.74 Å². The first kappa shape index (κ1) is 13.7. The van der Waals surface area contributed by atoms with E-state index < -0.39 is 15.4 Å². The van der Waals surface area contributed by atoms with E-state index in [1.807, 2.05) is 0 Å². The number of carbonyl (C=O) groups is 1. The van der Waals surface area contributed by atoms with Crippen LogP contribution in [-0.2, 0) is 14.8 Å². The van der Waals surface area contributed by atoms with Crippen molar-refractivity contribution >= 4 is 27.3 Å². The lowest BCUT2D eigenvalue weighted by molar-refractivity contribution is -0.124. The number of sulfonamides is 1. The summed E-state index contributed by atoms with van der Waals surface area (Å²) < 4.78 is 30.3. The molecule has 0 saturated heterocycles. The molecule has 19 heavy (non-hydrogen) atoms. The van der Waals surface area contributed by atoms with Crippen molar-refractivity contribution in [1.82, 2.24) is 0 Å². The molecule has 1 aliphatic heterocycles. The first-order valence-corrected chi connectivity index (χ1v) is 7.63. The van der Waals surface area contributed by atoms with Crippen molar-refractivity contribution in [2.75, 3.05) is 22.9 Å². The monoisotopic (exact) mass is 284 g/mol. The van der Waals surface area contributed by atoms with E-state index in [1.165, 1.54) is 0 Å². The molecule has 1 aliphatic rings. The molecule has 0 aromatic heterocycles. The van der Waals surface area contributed by atoms with Crippen LogP contribution in [0.3, 0.4) is 0 Å². The van der Waals surface area contributed by atoms with Gasteiger partial charge in [-0.3, -0.25) is 9.52 Å². The highest BCUT2D eigenvalue weighted by atomic mass is 32.2. The van der Waals surface area contributed by atoms with E-state index >= 15 is 0 Å². The highest BCUT2D eigenvalue weighted by Crippen LogP contribution is 2.34. The molecule has 0 spiro atoms. The molecule has 0 radical (unpaired) electrons. The Morgan fingerprint density at radius 2 is 2.05 bits per heavy atom. The average molecular weight is 284 g/mol. The van der Waals surface area contributed by atoms with Crippen LogP contribution in [0.25, 0.3) is 0 Å². The summed E-state index contributed by atoms with van der Waals surface area (Å²) in [6.07, 6.45) is 1.07. The minimum Gasteiger partial charge on any atom is -0.490 e. The largest absolute Gasteiger partial charge is 0.490 e. The van der Waals surface area contributed by atoms with Gasteiger partial charge >= 0.3 is 0 Å². The molecule has 2 N–H and O–H groups in total. The Bertz CT molecular complexity index is 623. The topological polar surface area (TPSA) is 84.5 Å². The highest BCUT2D eigenvalue weighted by Gasteiger charge is 2.32. The average Bonchev–Trinajstić information content (AvgIpc) is 2.36. The predicted molar refractivity (Wildman–Crippen MR) is 72.8 cm³/mol. The summed E-state index contributed by atoms with van der Waals surface area (Å²) in [6.45, 7) is 3.79. The van der Waals surface area contributed by atoms with Crippen LogP contribution in [0.5, 0.6) is 5.75 Å². The summed E-state index contributed by atoms with van der Waals surface area (Å²) in [5.74, 6) is 0.322. The van der Waals surface area contributed by atoms with Gasteiger partial charge in [0.1, 0.15) is 12.4 Å². The number of rotatable bonds is 2. The van der Waals surface area contributed by atoms with E-state index in [1.54, 1.807) is 32.0 Å². The molecule has 2 rings (SSSR count). The summed E-state index contributed by atoms with van der Waals surface area (Å²) in [4.78, 5) is 11.9. The van der Waals surface area contributed by atoms with E-state index in [2.05, 4.69) is 10.0 Å². The molecule has 6 nitrogen and oxygen atoms in total. The van der Waals surface area contributed by atoms with Crippen LogP contribution in [0.4, 0.5) is 11.4 Å². The van der Waals surface area contributed by atoms with Crippen LogP contribution < -0.4 is 14.8 Å². The van der Waals surface area contributed by atoms with Gasteiger partial charge in [0.15, 0.2) is 0 Å². The number of hydrogen-bond donors (Lipinski definition) is 2. The number of carbonyl (C=O) groups excluding carboxylic acids is 1. The molecule has 0 bridgehead atoms. The number of amides is 1. The lowest BCUT2D eigenvalue weighted by Gasteiger charge is -2.18. The molecule has 0 unspecified atom stereocenters. The van der Waals surface area contributed by atoms with E-state index in [9.17, 15) is 13.2 Å². The van der Waals surface area contributed by atoms with Gasteiger partial charge in [-0.15, -0.1) is 0 Å². The van der Waals surface area contributed by atoms with Gasteiger partial charge in [-0.05, 0) is 26.0 Å². The fourth-order valence-electron chi connectivity index (χ4n) is 1.64. The van der Waals surface area contributed by atoms with Gasteiger partial charge in [0.05, 0.1) is 23.0 Å². The number of ether oxygens (including phenoxy) is 1. The van der Waals surface area contributed by atoms with Gasteiger partial charge in [0.25, 0.3) is 0 Å². The van der Waals surface area contributed by atoms with E-state index in [0.717, 1.165) is 6.26 Å². The lowest BCUT2D eigenvalue weighted by Crippen LogP contribution is -2.33. The summed E-state index contributed by atoms with van der Waals surface area (Å²) in [6, 6.07) is 4.74. The van der Waals surface area contributed by atoms with Crippen LogP contribution >= 0.6 is 0 Å². The summed E-state index contributed by atoms with van der Waals surface area (Å²) in [7, 11) is -3.34. The third-order valence-corrected chi connectivity index (χ3v) is 3.34. The second-order valence-electron chi connectivity index (χ2n) is 5.21. The molecule has 1 aromatic carbocycles. The third kappa shape index (κ3) is 3.17. The minimum absolute atomic E-state index is 0.130. The number of benzene rings is 1. The Morgan fingerprint density at radius 1 is 1.37 bits per heavy atom. The zero-order valence-corrected chi connectivity index (χ0v) is 11.8. The fourth-order valence-corrected chi connectivity index (χ4v) is 2.19. The molecule has 0 fully saturated rings. The lowest BCUT2D eigenvalue weighted by atomic mass is 9.94. The maximum Gasteiger partial charge on any atom is 0.233 e. The Morgan fingerprint density at radius 3 is 2.68 bits per heavy atom. The Kier molecular flexibility index (Phi) is 3.17. The van der Waals surface area contributed by atoms with Crippen molar-refractivity contribution in [2.24, 2.45) is 5.41 Å². The summed E-state index contributed by atoms with van der Waals surface area (Å²) >= 11 is 0. The summed E-state index contributed by atoms with van der Waals surface area (Å²) in [5, 5.41) is 2.76. The van der Waals surface area contributed by atoms with Crippen LogP contribution in [0.1, 0.15) is 13.8 Å². The first-order valence-electron chi connectivity index (χ1n) is 5.73. The molecule has 7 heteroatoms. The standard InChI is InChI=1S/C12H16N2O4S/c1-12(2)7-18-10-6-8(14-19(3,16)17)4-5-9(10)13-11(12)15/h4-6,14H,7H2,1-3H3,(H,13,15). The maximum absolute atomic E-state index is 11.9. The molecular formula is C12H16N2O4S. The van der Waals surface area contributed by atoms with Crippen molar-refractivity contribution in [3.05, 3.63) is 18.2 Å². The molecule has 1 amide bonds. The van der Waals surface area contributed by atoms with Crippen molar-refractivity contribution < 1.29 is 17.9 Å². The predicted octanol–water partition coefficient (Wildman–Crippen LogP) is 1.42. The van der Waals surface area contributed by atoms with Crippen LogP contribution in [0, 0.1) is 5.41 Å². The van der Waals surface area contributed by atoms with Crippen LogP contribution in [-0.4, -0.2) is 27.2 Å². The van der Waals surface area contributed by atoms with Crippen molar-refractivity contribution in [3.8, 4) is 5.75 Å². The molecule has 1 aromatic rings. The molecule has 1 heterocycles. The molecular weight excluding hydrogens is 268 g/mol. The first-order chi connectivity index (χ1) is 8.67. The number of fused-ring (bicyclic) bond motifs is 1. The van der Waals surface area contributed by atoms with E-state index in [-0.39, 0.29) is 12.5 Å². The highest BCUT2D eigenvalue weighted by molar-refractivity contribution is 7.92. The summed E-state index contributed by atoms with van der Waals surface area (Å²) in [5.41, 5.74) is 0.300. The van der Waals surface area contributed by atoms with Crippen LogP contribution in [0.2, 0.25) is 0 Å². The van der Waals surface area contributed by atoms with Gasteiger partial charge in [0.2, 0.25) is 15.9 Å². The minimum atomic E-state index is -3.34. The van der Waals surface area contributed by atoms with E-state index in [0.29, 0.717) is 17.1 Å². The van der Waals surface area contributed by atoms with Gasteiger partial charge in [0, 0.05) is 6.07 Å². The maximum atomic E-state index is 11.9. The van der Waals surface area contributed by atoms with Crippen molar-refractivity contribution in [3.63, 3.8) is 0 Å². The van der Waals surface area contributed by atoms with Crippen molar-refractivity contribution in [2.45, 2.75) is 13.8 Å². The number of anilines is 2. The third-order valence-electron chi connectivity index (χ3n) is 2.74. The quantitative estimate of drug-likeness (QED) is 0.860. The zero-order valence-electron chi connectivity index (χ0n) is 11.0.